The minimum Gasteiger partial charge on any atom is -0.339 e. The molecule has 1 aliphatic heterocycles. The lowest BCUT2D eigenvalue weighted by Gasteiger charge is -2.20. The molecule has 1 aromatic rings. The van der Waals surface area contributed by atoms with Crippen molar-refractivity contribution in [3.63, 3.8) is 0 Å². The predicted molar refractivity (Wildman–Crippen MR) is 73.7 cm³/mol. The zero-order chi connectivity index (χ0) is 13.1. The number of nitrogens with zero attached hydrogens (tertiary/aromatic N) is 4. The van der Waals surface area contributed by atoms with E-state index in [0.29, 0.717) is 6.04 Å². The Morgan fingerprint density at radius 1 is 1.44 bits per heavy atom. The molecule has 2 unspecified atom stereocenters. The van der Waals surface area contributed by atoms with E-state index in [1.165, 1.54) is 6.42 Å². The van der Waals surface area contributed by atoms with Crippen LogP contribution in [0.4, 0.5) is 5.95 Å². The zero-order valence-electron chi connectivity index (χ0n) is 11.5. The molecule has 0 amide bonds. The highest BCUT2D eigenvalue weighted by molar-refractivity contribution is 5.32. The second-order valence-corrected chi connectivity index (χ2v) is 5.42. The van der Waals surface area contributed by atoms with Gasteiger partial charge in [0, 0.05) is 37.6 Å². The van der Waals surface area contributed by atoms with Gasteiger partial charge in [-0.05, 0) is 39.4 Å². The zero-order valence-corrected chi connectivity index (χ0v) is 11.5. The van der Waals surface area contributed by atoms with Crippen molar-refractivity contribution in [3.05, 3.63) is 18.0 Å². The number of likely N-dealkylation sites (N-methyl/N-ethyl adjacent to an activating group) is 1. The van der Waals surface area contributed by atoms with E-state index >= 15 is 0 Å². The standard InChI is InChI=1S/C13H23N5/c1-10(14)6-11-7-15-13(16-8-11)18-5-4-12(9-18)17(2)3/h7-8,10,12H,4-6,9,14H2,1-3H3. The molecular formula is C13H23N5. The average molecular weight is 249 g/mol. The molecule has 2 atom stereocenters. The maximum Gasteiger partial charge on any atom is 0.225 e. The monoisotopic (exact) mass is 249 g/mol. The van der Waals surface area contributed by atoms with E-state index in [4.69, 9.17) is 5.73 Å². The fourth-order valence-electron chi connectivity index (χ4n) is 2.33. The van der Waals surface area contributed by atoms with Crippen molar-refractivity contribution in [3.8, 4) is 0 Å². The van der Waals surface area contributed by atoms with Crippen LogP contribution in [0.1, 0.15) is 18.9 Å². The summed E-state index contributed by atoms with van der Waals surface area (Å²) in [5, 5.41) is 0. The van der Waals surface area contributed by atoms with Gasteiger partial charge in [0.25, 0.3) is 0 Å². The van der Waals surface area contributed by atoms with E-state index < -0.39 is 0 Å². The Labute approximate surface area is 109 Å². The first-order chi connectivity index (χ1) is 8.56. The third-order valence-corrected chi connectivity index (χ3v) is 3.43. The molecule has 5 nitrogen and oxygen atoms in total. The number of hydrogen-bond acceptors (Lipinski definition) is 5. The van der Waals surface area contributed by atoms with E-state index in [2.05, 4.69) is 33.9 Å². The molecule has 2 heterocycles. The van der Waals surface area contributed by atoms with Gasteiger partial charge in [-0.1, -0.05) is 0 Å². The molecule has 0 aliphatic carbocycles. The molecule has 2 rings (SSSR count). The van der Waals surface area contributed by atoms with Crippen LogP contribution in [0.2, 0.25) is 0 Å². The van der Waals surface area contributed by atoms with Gasteiger partial charge in [-0.3, -0.25) is 0 Å². The van der Waals surface area contributed by atoms with Crippen molar-refractivity contribution in [1.82, 2.24) is 14.9 Å². The largest absolute Gasteiger partial charge is 0.339 e. The average Bonchev–Trinajstić information content (AvgIpc) is 2.78. The predicted octanol–water partition coefficient (Wildman–Crippen LogP) is 0.507. The smallest absolute Gasteiger partial charge is 0.225 e. The number of rotatable bonds is 4. The Kier molecular flexibility index (Phi) is 4.14. The van der Waals surface area contributed by atoms with Gasteiger partial charge < -0.3 is 15.5 Å². The minimum atomic E-state index is 0.157. The third-order valence-electron chi connectivity index (χ3n) is 3.43. The summed E-state index contributed by atoms with van der Waals surface area (Å²) in [5.74, 6) is 0.841. The lowest BCUT2D eigenvalue weighted by molar-refractivity contribution is 0.315. The molecule has 5 heteroatoms. The second-order valence-electron chi connectivity index (χ2n) is 5.42. The number of aromatic nitrogens is 2. The lowest BCUT2D eigenvalue weighted by atomic mass is 10.1. The first-order valence-corrected chi connectivity index (χ1v) is 6.54. The molecule has 1 aliphatic rings. The summed E-state index contributed by atoms with van der Waals surface area (Å²) >= 11 is 0. The fourth-order valence-corrected chi connectivity index (χ4v) is 2.33. The van der Waals surface area contributed by atoms with Crippen LogP contribution in [-0.4, -0.2) is 54.1 Å². The SMILES string of the molecule is CC(N)Cc1cnc(N2CCC(N(C)C)C2)nc1. The molecule has 1 fully saturated rings. The van der Waals surface area contributed by atoms with Crippen molar-refractivity contribution >= 4 is 5.95 Å². The molecule has 100 valence electrons. The van der Waals surface area contributed by atoms with Crippen molar-refractivity contribution in [2.45, 2.75) is 31.8 Å². The summed E-state index contributed by atoms with van der Waals surface area (Å²) in [4.78, 5) is 13.4. The Hall–Kier alpha value is -1.20. The fraction of sp³-hybridized carbons (Fsp3) is 0.692. The van der Waals surface area contributed by atoms with Gasteiger partial charge in [0.2, 0.25) is 5.95 Å². The van der Waals surface area contributed by atoms with Crippen LogP contribution < -0.4 is 10.6 Å². The summed E-state index contributed by atoms with van der Waals surface area (Å²) in [6.45, 7) is 4.05. The van der Waals surface area contributed by atoms with E-state index in [1.54, 1.807) is 0 Å². The summed E-state index contributed by atoms with van der Waals surface area (Å²) in [7, 11) is 4.25. The molecule has 0 radical (unpaired) electrons. The van der Waals surface area contributed by atoms with Gasteiger partial charge in [0.05, 0.1) is 0 Å². The topological polar surface area (TPSA) is 58.3 Å². The normalized spacial score (nSPS) is 21.6. The molecule has 0 saturated carbocycles. The molecule has 0 aromatic carbocycles. The first-order valence-electron chi connectivity index (χ1n) is 6.54. The van der Waals surface area contributed by atoms with Gasteiger partial charge in [-0.2, -0.15) is 0 Å². The highest BCUT2D eigenvalue weighted by Crippen LogP contribution is 2.18. The van der Waals surface area contributed by atoms with Crippen molar-refractivity contribution < 1.29 is 0 Å². The van der Waals surface area contributed by atoms with Crippen LogP contribution in [0.15, 0.2) is 12.4 Å². The van der Waals surface area contributed by atoms with E-state index in [1.807, 2.05) is 19.3 Å². The molecule has 1 saturated heterocycles. The summed E-state index contributed by atoms with van der Waals surface area (Å²) < 4.78 is 0. The van der Waals surface area contributed by atoms with Gasteiger partial charge in [-0.15, -0.1) is 0 Å². The Morgan fingerprint density at radius 3 is 2.61 bits per heavy atom. The highest BCUT2D eigenvalue weighted by Gasteiger charge is 2.25. The Bertz CT molecular complexity index is 373. The van der Waals surface area contributed by atoms with Crippen LogP contribution in [0.25, 0.3) is 0 Å². The van der Waals surface area contributed by atoms with E-state index in [9.17, 15) is 0 Å². The van der Waals surface area contributed by atoms with E-state index in [0.717, 1.165) is 31.0 Å². The molecule has 0 spiro atoms. The number of nitrogens with two attached hydrogens (primary N) is 1. The maximum absolute atomic E-state index is 5.76. The summed E-state index contributed by atoms with van der Waals surface area (Å²) in [6.07, 6.45) is 5.81. The van der Waals surface area contributed by atoms with Crippen LogP contribution in [0.3, 0.4) is 0 Å². The van der Waals surface area contributed by atoms with Crippen LogP contribution in [0, 0.1) is 0 Å². The van der Waals surface area contributed by atoms with E-state index in [-0.39, 0.29) is 6.04 Å². The first kappa shape index (κ1) is 13.2. The van der Waals surface area contributed by atoms with Gasteiger partial charge in [-0.25, -0.2) is 9.97 Å². The third kappa shape index (κ3) is 3.17. The Balaban J connectivity index is 1.98. The molecule has 2 N–H and O–H groups in total. The van der Waals surface area contributed by atoms with Crippen LogP contribution >= 0.6 is 0 Å². The quantitative estimate of drug-likeness (QED) is 0.842. The highest BCUT2D eigenvalue weighted by atomic mass is 15.3. The summed E-state index contributed by atoms with van der Waals surface area (Å²) in [6, 6.07) is 0.765. The molecular weight excluding hydrogens is 226 g/mol. The Morgan fingerprint density at radius 2 is 2.11 bits per heavy atom. The molecule has 18 heavy (non-hydrogen) atoms. The maximum atomic E-state index is 5.76. The minimum absolute atomic E-state index is 0.157. The van der Waals surface area contributed by atoms with Crippen molar-refractivity contribution in [2.75, 3.05) is 32.1 Å². The van der Waals surface area contributed by atoms with Crippen LogP contribution in [0.5, 0.6) is 0 Å². The second kappa shape index (κ2) is 5.63. The van der Waals surface area contributed by atoms with Crippen molar-refractivity contribution in [2.24, 2.45) is 5.73 Å². The number of hydrogen-bond donors (Lipinski definition) is 1. The summed E-state index contributed by atoms with van der Waals surface area (Å²) in [5.41, 5.74) is 6.87. The molecule has 0 bridgehead atoms. The van der Waals surface area contributed by atoms with Gasteiger partial charge in [0.15, 0.2) is 0 Å². The van der Waals surface area contributed by atoms with Crippen LogP contribution in [-0.2, 0) is 6.42 Å². The van der Waals surface area contributed by atoms with Gasteiger partial charge >= 0.3 is 0 Å². The molecule has 1 aromatic heterocycles. The number of anilines is 1. The lowest BCUT2D eigenvalue weighted by Crippen LogP contribution is -2.32. The van der Waals surface area contributed by atoms with Gasteiger partial charge in [0.1, 0.15) is 0 Å². The van der Waals surface area contributed by atoms with Crippen molar-refractivity contribution in [1.29, 1.82) is 0 Å².